The highest BCUT2D eigenvalue weighted by Crippen LogP contribution is 2.22. The monoisotopic (exact) mass is 323 g/mol. The van der Waals surface area contributed by atoms with Gasteiger partial charge in [-0.05, 0) is 34.1 Å². The summed E-state index contributed by atoms with van der Waals surface area (Å²) < 4.78 is 5.85. The van der Waals surface area contributed by atoms with Gasteiger partial charge in [-0.15, -0.1) is 0 Å². The lowest BCUT2D eigenvalue weighted by molar-refractivity contribution is 0.0953. The standard InChI is InChI=1S/C13H14BrN3O2/c1-19-9-2-3-11(14)10(8-9)13(18)17-5-4-12-15-6-7-16-12/h2-3,6-8H,4-5H2,1H3,(H,15,16)(H,17,18). The SMILES string of the molecule is COc1ccc(Br)c(C(=O)NCCc2ncc[nH]2)c1. The van der Waals surface area contributed by atoms with E-state index >= 15 is 0 Å². The minimum Gasteiger partial charge on any atom is -0.497 e. The molecule has 1 heterocycles. The fourth-order valence-electron chi connectivity index (χ4n) is 1.63. The van der Waals surface area contributed by atoms with Gasteiger partial charge in [-0.1, -0.05) is 0 Å². The molecule has 19 heavy (non-hydrogen) atoms. The number of carbonyl (C=O) groups is 1. The molecule has 0 radical (unpaired) electrons. The molecule has 0 aliphatic heterocycles. The molecule has 5 nitrogen and oxygen atoms in total. The van der Waals surface area contributed by atoms with Crippen LogP contribution in [0.15, 0.2) is 35.1 Å². The number of nitrogens with one attached hydrogen (secondary N) is 2. The number of methoxy groups -OCH3 is 1. The highest BCUT2D eigenvalue weighted by Gasteiger charge is 2.11. The molecule has 0 unspecified atom stereocenters. The summed E-state index contributed by atoms with van der Waals surface area (Å²) in [6.45, 7) is 0.524. The molecule has 0 atom stereocenters. The number of nitrogens with zero attached hydrogens (tertiary/aromatic N) is 1. The van der Waals surface area contributed by atoms with E-state index in [1.165, 1.54) is 0 Å². The fraction of sp³-hybridized carbons (Fsp3) is 0.231. The van der Waals surface area contributed by atoms with Crippen LogP contribution in [-0.2, 0) is 6.42 Å². The third-order valence-electron chi connectivity index (χ3n) is 2.62. The van der Waals surface area contributed by atoms with Gasteiger partial charge in [-0.2, -0.15) is 0 Å². The zero-order chi connectivity index (χ0) is 13.7. The van der Waals surface area contributed by atoms with Crippen molar-refractivity contribution < 1.29 is 9.53 Å². The van der Waals surface area contributed by atoms with Crippen LogP contribution in [-0.4, -0.2) is 29.5 Å². The molecule has 2 rings (SSSR count). The van der Waals surface area contributed by atoms with Crippen LogP contribution in [0.1, 0.15) is 16.2 Å². The third-order valence-corrected chi connectivity index (χ3v) is 3.31. The maximum absolute atomic E-state index is 12.0. The maximum atomic E-state index is 12.0. The molecule has 0 saturated heterocycles. The minimum absolute atomic E-state index is 0.141. The second kappa shape index (κ2) is 6.38. The number of ether oxygens (including phenoxy) is 1. The normalized spacial score (nSPS) is 10.2. The number of benzene rings is 1. The second-order valence-corrected chi connectivity index (χ2v) is 4.74. The van der Waals surface area contributed by atoms with E-state index in [4.69, 9.17) is 4.74 Å². The molecule has 0 aliphatic carbocycles. The average molecular weight is 324 g/mol. The van der Waals surface area contributed by atoms with Crippen molar-refractivity contribution in [3.63, 3.8) is 0 Å². The van der Waals surface area contributed by atoms with Crippen LogP contribution in [0.2, 0.25) is 0 Å². The van der Waals surface area contributed by atoms with Gasteiger partial charge in [0.05, 0.1) is 12.7 Å². The first-order chi connectivity index (χ1) is 9.20. The lowest BCUT2D eigenvalue weighted by Gasteiger charge is -2.08. The molecule has 100 valence electrons. The van der Waals surface area contributed by atoms with Crippen molar-refractivity contribution >= 4 is 21.8 Å². The minimum atomic E-state index is -0.141. The van der Waals surface area contributed by atoms with Gasteiger partial charge in [0.25, 0.3) is 5.91 Å². The Morgan fingerprint density at radius 3 is 3.05 bits per heavy atom. The van der Waals surface area contributed by atoms with Gasteiger partial charge in [-0.3, -0.25) is 4.79 Å². The van der Waals surface area contributed by atoms with Crippen LogP contribution in [0.4, 0.5) is 0 Å². The summed E-state index contributed by atoms with van der Waals surface area (Å²) >= 11 is 3.36. The van der Waals surface area contributed by atoms with Crippen molar-refractivity contribution in [3.05, 3.63) is 46.5 Å². The number of aromatic nitrogens is 2. The first-order valence-electron chi connectivity index (χ1n) is 5.80. The van der Waals surface area contributed by atoms with Gasteiger partial charge in [0, 0.05) is 29.8 Å². The second-order valence-electron chi connectivity index (χ2n) is 3.89. The van der Waals surface area contributed by atoms with E-state index in [9.17, 15) is 4.79 Å². The largest absolute Gasteiger partial charge is 0.497 e. The van der Waals surface area contributed by atoms with E-state index in [-0.39, 0.29) is 5.91 Å². The number of amides is 1. The van der Waals surface area contributed by atoms with Gasteiger partial charge in [-0.25, -0.2) is 4.98 Å². The van der Waals surface area contributed by atoms with Gasteiger partial charge in [0.2, 0.25) is 0 Å². The zero-order valence-corrected chi connectivity index (χ0v) is 12.0. The van der Waals surface area contributed by atoms with Gasteiger partial charge in [0.1, 0.15) is 11.6 Å². The summed E-state index contributed by atoms with van der Waals surface area (Å²) in [5, 5.41) is 2.84. The van der Waals surface area contributed by atoms with E-state index in [0.29, 0.717) is 24.3 Å². The number of imidazole rings is 1. The molecule has 1 aromatic carbocycles. The summed E-state index contributed by atoms with van der Waals surface area (Å²) in [7, 11) is 1.57. The molecular formula is C13H14BrN3O2. The number of H-pyrrole nitrogens is 1. The Labute approximate surface area is 119 Å². The first-order valence-corrected chi connectivity index (χ1v) is 6.60. The molecular weight excluding hydrogens is 310 g/mol. The molecule has 2 N–H and O–H groups in total. The number of hydrogen-bond acceptors (Lipinski definition) is 3. The van der Waals surface area contributed by atoms with E-state index in [0.717, 1.165) is 10.3 Å². The molecule has 0 aliphatic rings. The highest BCUT2D eigenvalue weighted by atomic mass is 79.9. The molecule has 0 bridgehead atoms. The first kappa shape index (κ1) is 13.6. The van der Waals surface area contributed by atoms with Gasteiger partial charge < -0.3 is 15.0 Å². The molecule has 0 saturated carbocycles. The number of aromatic amines is 1. The highest BCUT2D eigenvalue weighted by molar-refractivity contribution is 9.10. The lowest BCUT2D eigenvalue weighted by Crippen LogP contribution is -2.26. The van der Waals surface area contributed by atoms with Crippen molar-refractivity contribution in [2.75, 3.05) is 13.7 Å². The van der Waals surface area contributed by atoms with Crippen molar-refractivity contribution in [3.8, 4) is 5.75 Å². The molecule has 2 aromatic rings. The Kier molecular flexibility index (Phi) is 4.57. The van der Waals surface area contributed by atoms with E-state index < -0.39 is 0 Å². The van der Waals surface area contributed by atoms with Crippen molar-refractivity contribution in [2.45, 2.75) is 6.42 Å². The lowest BCUT2D eigenvalue weighted by atomic mass is 10.2. The zero-order valence-electron chi connectivity index (χ0n) is 10.4. The van der Waals surface area contributed by atoms with E-state index in [2.05, 4.69) is 31.2 Å². The predicted octanol–water partition coefficient (Wildman–Crippen LogP) is 2.15. The number of hydrogen-bond donors (Lipinski definition) is 2. The van der Waals surface area contributed by atoms with Crippen LogP contribution in [0.5, 0.6) is 5.75 Å². The Balaban J connectivity index is 1.95. The summed E-state index contributed by atoms with van der Waals surface area (Å²) in [5.41, 5.74) is 0.554. The molecule has 0 fully saturated rings. The van der Waals surface area contributed by atoms with Crippen LogP contribution < -0.4 is 10.1 Å². The van der Waals surface area contributed by atoms with Crippen LogP contribution >= 0.6 is 15.9 Å². The molecule has 1 aromatic heterocycles. The van der Waals surface area contributed by atoms with E-state index in [1.807, 2.05) is 0 Å². The number of rotatable bonds is 5. The van der Waals surface area contributed by atoms with Crippen LogP contribution in [0.3, 0.4) is 0 Å². The Hall–Kier alpha value is -1.82. The summed E-state index contributed by atoms with van der Waals surface area (Å²) in [6.07, 6.45) is 4.12. The Morgan fingerprint density at radius 2 is 2.37 bits per heavy atom. The number of carbonyl (C=O) groups excluding carboxylic acids is 1. The van der Waals surface area contributed by atoms with Crippen molar-refractivity contribution in [1.82, 2.24) is 15.3 Å². The summed E-state index contributed by atoms with van der Waals surface area (Å²) in [4.78, 5) is 19.1. The van der Waals surface area contributed by atoms with Crippen molar-refractivity contribution in [1.29, 1.82) is 0 Å². The predicted molar refractivity (Wildman–Crippen MR) is 75.3 cm³/mol. The quantitative estimate of drug-likeness (QED) is 0.886. The fourth-order valence-corrected chi connectivity index (χ4v) is 2.06. The van der Waals surface area contributed by atoms with E-state index in [1.54, 1.807) is 37.7 Å². The number of halogens is 1. The average Bonchev–Trinajstić information content (AvgIpc) is 2.92. The summed E-state index contributed by atoms with van der Waals surface area (Å²) in [6, 6.07) is 5.29. The smallest absolute Gasteiger partial charge is 0.252 e. The molecule has 6 heteroatoms. The van der Waals surface area contributed by atoms with Gasteiger partial charge >= 0.3 is 0 Å². The maximum Gasteiger partial charge on any atom is 0.252 e. The third kappa shape index (κ3) is 3.57. The van der Waals surface area contributed by atoms with Crippen LogP contribution in [0, 0.1) is 0 Å². The molecule has 1 amide bonds. The van der Waals surface area contributed by atoms with Gasteiger partial charge in [0.15, 0.2) is 0 Å². The topological polar surface area (TPSA) is 67.0 Å². The Bertz CT molecular complexity index is 555. The van der Waals surface area contributed by atoms with Crippen molar-refractivity contribution in [2.24, 2.45) is 0 Å². The molecule has 0 spiro atoms. The summed E-state index contributed by atoms with van der Waals surface area (Å²) in [5.74, 6) is 1.36. The Morgan fingerprint density at radius 1 is 1.53 bits per heavy atom. The van der Waals surface area contributed by atoms with Crippen LogP contribution in [0.25, 0.3) is 0 Å².